The number of terminal acetylenes is 1. The Morgan fingerprint density at radius 2 is 2.10 bits per heavy atom. The highest BCUT2D eigenvalue weighted by Gasteiger charge is 2.26. The molecule has 5 heteroatoms. The lowest BCUT2D eigenvalue weighted by Gasteiger charge is -2.25. The van der Waals surface area contributed by atoms with Crippen molar-refractivity contribution in [3.63, 3.8) is 0 Å². The molecule has 1 aliphatic heterocycles. The molecule has 0 bridgehead atoms. The van der Waals surface area contributed by atoms with Crippen LogP contribution in [0.1, 0.15) is 28.4 Å². The van der Waals surface area contributed by atoms with Crippen molar-refractivity contribution in [2.45, 2.75) is 20.0 Å². The molecule has 2 rings (SSSR count). The molecular weight excluding hydrogens is 256 g/mol. The Labute approximate surface area is 117 Å². The summed E-state index contributed by atoms with van der Waals surface area (Å²) >= 11 is 0. The zero-order valence-corrected chi connectivity index (χ0v) is 11.3. The van der Waals surface area contributed by atoms with E-state index < -0.39 is 5.97 Å². The van der Waals surface area contributed by atoms with Gasteiger partial charge in [-0.2, -0.15) is 0 Å². The van der Waals surface area contributed by atoms with Gasteiger partial charge >= 0.3 is 12.0 Å². The molecule has 1 aromatic carbocycles. The fourth-order valence-electron chi connectivity index (χ4n) is 2.29. The zero-order valence-electron chi connectivity index (χ0n) is 11.3. The number of carbonyl (C=O) groups excluding carboxylic acids is 1. The first-order valence-electron chi connectivity index (χ1n) is 6.39. The first kappa shape index (κ1) is 13.9. The van der Waals surface area contributed by atoms with Gasteiger partial charge in [0.1, 0.15) is 0 Å². The van der Waals surface area contributed by atoms with Crippen molar-refractivity contribution in [3.05, 3.63) is 34.9 Å². The number of amides is 2. The molecule has 1 heterocycles. The van der Waals surface area contributed by atoms with Crippen LogP contribution >= 0.6 is 0 Å². The number of carboxylic acids is 1. The second kappa shape index (κ2) is 5.66. The zero-order chi connectivity index (χ0) is 14.7. The van der Waals surface area contributed by atoms with Crippen molar-refractivity contribution in [2.24, 2.45) is 0 Å². The predicted octanol–water partition coefficient (Wildman–Crippen LogP) is 1.78. The van der Waals surface area contributed by atoms with Gasteiger partial charge in [0.05, 0.1) is 12.1 Å². The standard InChI is InChI=1S/C15H16N2O3/c1-3-7-16(4-2)15(20)17-9-12-6-5-11(14(18)19)8-13(12)10-17/h1,5-6,8H,4,7,9-10H2,2H3,(H,18,19). The van der Waals surface area contributed by atoms with Crippen molar-refractivity contribution in [1.82, 2.24) is 9.80 Å². The molecule has 0 atom stereocenters. The molecule has 0 aliphatic carbocycles. The van der Waals surface area contributed by atoms with Crippen LogP contribution in [-0.4, -0.2) is 40.0 Å². The van der Waals surface area contributed by atoms with Gasteiger partial charge in [-0.15, -0.1) is 6.42 Å². The lowest BCUT2D eigenvalue weighted by atomic mass is 10.1. The van der Waals surface area contributed by atoms with Gasteiger partial charge in [-0.25, -0.2) is 9.59 Å². The third kappa shape index (κ3) is 2.59. The minimum Gasteiger partial charge on any atom is -0.478 e. The summed E-state index contributed by atoms with van der Waals surface area (Å²) in [5.41, 5.74) is 2.11. The number of carbonyl (C=O) groups is 2. The predicted molar refractivity (Wildman–Crippen MR) is 74.1 cm³/mol. The third-order valence-corrected chi connectivity index (χ3v) is 3.38. The molecule has 2 amide bonds. The second-order valence-electron chi connectivity index (χ2n) is 4.65. The topological polar surface area (TPSA) is 60.9 Å². The summed E-state index contributed by atoms with van der Waals surface area (Å²) in [6, 6.07) is 4.85. The number of carboxylic acid groups (broad SMARTS) is 1. The van der Waals surface area contributed by atoms with Crippen LogP contribution in [0.4, 0.5) is 4.79 Å². The molecule has 1 N–H and O–H groups in total. The van der Waals surface area contributed by atoms with Crippen molar-refractivity contribution in [1.29, 1.82) is 0 Å². The van der Waals surface area contributed by atoms with E-state index in [1.54, 1.807) is 28.0 Å². The molecule has 0 fully saturated rings. The molecule has 1 aliphatic rings. The number of nitrogens with zero attached hydrogens (tertiary/aromatic N) is 2. The maximum absolute atomic E-state index is 12.3. The van der Waals surface area contributed by atoms with Crippen LogP contribution in [0.2, 0.25) is 0 Å². The van der Waals surface area contributed by atoms with E-state index in [0.717, 1.165) is 11.1 Å². The maximum atomic E-state index is 12.3. The van der Waals surface area contributed by atoms with E-state index >= 15 is 0 Å². The van der Waals surface area contributed by atoms with E-state index in [1.165, 1.54) is 0 Å². The summed E-state index contributed by atoms with van der Waals surface area (Å²) in [5, 5.41) is 8.98. The molecule has 0 radical (unpaired) electrons. The summed E-state index contributed by atoms with van der Waals surface area (Å²) in [5.74, 6) is 1.51. The van der Waals surface area contributed by atoms with E-state index in [0.29, 0.717) is 19.6 Å². The van der Waals surface area contributed by atoms with Crippen molar-refractivity contribution in [3.8, 4) is 12.3 Å². The number of fused-ring (bicyclic) bond motifs is 1. The first-order chi connectivity index (χ1) is 9.56. The first-order valence-corrected chi connectivity index (χ1v) is 6.39. The van der Waals surface area contributed by atoms with Gasteiger partial charge in [-0.1, -0.05) is 12.0 Å². The van der Waals surface area contributed by atoms with Gasteiger partial charge < -0.3 is 14.9 Å². The summed E-state index contributed by atoms with van der Waals surface area (Å²) in [6.07, 6.45) is 5.25. The van der Waals surface area contributed by atoms with Gasteiger partial charge in [0.2, 0.25) is 0 Å². The maximum Gasteiger partial charge on any atom is 0.335 e. The normalized spacial score (nSPS) is 12.7. The number of hydrogen-bond acceptors (Lipinski definition) is 2. The van der Waals surface area contributed by atoms with Gasteiger partial charge in [0.15, 0.2) is 0 Å². The molecule has 0 spiro atoms. The Morgan fingerprint density at radius 1 is 1.40 bits per heavy atom. The third-order valence-electron chi connectivity index (χ3n) is 3.38. The Morgan fingerprint density at radius 3 is 2.70 bits per heavy atom. The smallest absolute Gasteiger partial charge is 0.335 e. The van der Waals surface area contributed by atoms with Crippen LogP contribution in [0.3, 0.4) is 0 Å². The quantitative estimate of drug-likeness (QED) is 0.853. The van der Waals surface area contributed by atoms with Crippen LogP contribution in [0, 0.1) is 12.3 Å². The van der Waals surface area contributed by atoms with E-state index in [1.807, 2.05) is 6.92 Å². The minimum absolute atomic E-state index is 0.112. The SMILES string of the molecule is C#CCN(CC)C(=O)N1Cc2ccc(C(=O)O)cc2C1. The highest BCUT2D eigenvalue weighted by molar-refractivity contribution is 5.88. The van der Waals surface area contributed by atoms with Crippen molar-refractivity contribution in [2.75, 3.05) is 13.1 Å². The van der Waals surface area contributed by atoms with Crippen LogP contribution < -0.4 is 0 Å². The minimum atomic E-state index is -0.958. The Bertz CT molecular complexity index is 589. The highest BCUT2D eigenvalue weighted by Crippen LogP contribution is 2.24. The van der Waals surface area contributed by atoms with Crippen molar-refractivity contribution >= 4 is 12.0 Å². The molecule has 5 nitrogen and oxygen atoms in total. The van der Waals surface area contributed by atoms with Crippen molar-refractivity contribution < 1.29 is 14.7 Å². The number of urea groups is 1. The Kier molecular flexibility index (Phi) is 3.94. The highest BCUT2D eigenvalue weighted by atomic mass is 16.4. The molecule has 0 aromatic heterocycles. The average molecular weight is 272 g/mol. The molecule has 104 valence electrons. The summed E-state index contributed by atoms with van der Waals surface area (Å²) in [6.45, 7) is 3.63. The number of aromatic carboxylic acids is 1. The second-order valence-corrected chi connectivity index (χ2v) is 4.65. The number of hydrogen-bond donors (Lipinski definition) is 1. The molecule has 1 aromatic rings. The van der Waals surface area contributed by atoms with Gasteiger partial charge in [0, 0.05) is 19.6 Å². The van der Waals surface area contributed by atoms with Gasteiger partial charge in [0.25, 0.3) is 0 Å². The number of rotatable bonds is 3. The summed E-state index contributed by atoms with van der Waals surface area (Å²) in [4.78, 5) is 26.5. The molecular formula is C15H16N2O3. The van der Waals surface area contributed by atoms with Crippen LogP contribution in [0.15, 0.2) is 18.2 Å². The number of benzene rings is 1. The van der Waals surface area contributed by atoms with Gasteiger partial charge in [-0.05, 0) is 30.2 Å². The van der Waals surface area contributed by atoms with E-state index in [2.05, 4.69) is 5.92 Å². The lowest BCUT2D eigenvalue weighted by Crippen LogP contribution is -2.40. The average Bonchev–Trinajstić information content (AvgIpc) is 2.86. The summed E-state index contributed by atoms with van der Waals surface area (Å²) in [7, 11) is 0. The van der Waals surface area contributed by atoms with E-state index in [4.69, 9.17) is 11.5 Å². The monoisotopic (exact) mass is 272 g/mol. The van der Waals surface area contributed by atoms with E-state index in [-0.39, 0.29) is 18.1 Å². The summed E-state index contributed by atoms with van der Waals surface area (Å²) < 4.78 is 0. The van der Waals surface area contributed by atoms with Gasteiger partial charge in [-0.3, -0.25) is 0 Å². The molecule has 0 unspecified atom stereocenters. The fourth-order valence-corrected chi connectivity index (χ4v) is 2.29. The molecule has 20 heavy (non-hydrogen) atoms. The molecule has 0 saturated heterocycles. The largest absolute Gasteiger partial charge is 0.478 e. The lowest BCUT2D eigenvalue weighted by molar-refractivity contribution is 0.0696. The van der Waals surface area contributed by atoms with Crippen LogP contribution in [0.5, 0.6) is 0 Å². The molecule has 0 saturated carbocycles. The van der Waals surface area contributed by atoms with E-state index in [9.17, 15) is 9.59 Å². The Hall–Kier alpha value is -2.48. The van der Waals surface area contributed by atoms with Crippen LogP contribution in [0.25, 0.3) is 0 Å². The fraction of sp³-hybridized carbons (Fsp3) is 0.333. The van der Waals surface area contributed by atoms with Crippen LogP contribution in [-0.2, 0) is 13.1 Å². The Balaban J connectivity index is 2.15.